The minimum Gasteiger partial charge on any atom is -0.298 e. The van der Waals surface area contributed by atoms with Crippen LogP contribution >= 0.6 is 11.8 Å². The largest absolute Gasteiger partial charge is 0.298 e. The Bertz CT molecular complexity index is 392. The van der Waals surface area contributed by atoms with Gasteiger partial charge >= 0.3 is 0 Å². The molecule has 0 bridgehead atoms. The molecule has 1 aromatic carbocycles. The van der Waals surface area contributed by atoms with Gasteiger partial charge in [0.25, 0.3) is 0 Å². The molecule has 0 aliphatic rings. The van der Waals surface area contributed by atoms with Crippen LogP contribution in [0.4, 0.5) is 0 Å². The fourth-order valence-corrected chi connectivity index (χ4v) is 3.40. The number of carbonyl (C=O) groups excluding carboxylic acids is 1. The lowest BCUT2D eigenvalue weighted by Crippen LogP contribution is -2.01. The van der Waals surface area contributed by atoms with Crippen molar-refractivity contribution >= 4 is 18.0 Å². The molecule has 17 heavy (non-hydrogen) atoms. The van der Waals surface area contributed by atoms with Gasteiger partial charge in [-0.05, 0) is 62.1 Å². The first-order chi connectivity index (χ1) is 8.04. The number of unbranched alkanes of at least 4 members (excludes halogenated alkanes) is 1. The van der Waals surface area contributed by atoms with E-state index in [2.05, 4.69) is 34.6 Å². The summed E-state index contributed by atoms with van der Waals surface area (Å²) in [6.07, 6.45) is 3.47. The van der Waals surface area contributed by atoms with Gasteiger partial charge in [0.2, 0.25) is 0 Å². The van der Waals surface area contributed by atoms with Crippen molar-refractivity contribution in [2.24, 2.45) is 0 Å². The summed E-state index contributed by atoms with van der Waals surface area (Å²) >= 11 is 1.93. The molecule has 0 aliphatic heterocycles. The van der Waals surface area contributed by atoms with Crippen molar-refractivity contribution in [2.75, 3.05) is 5.75 Å². The minimum absolute atomic E-state index is 0.875. The molecule has 0 saturated heterocycles. The lowest BCUT2D eigenvalue weighted by Gasteiger charge is -2.17. The van der Waals surface area contributed by atoms with Gasteiger partial charge in [-0.15, -0.1) is 11.8 Å². The molecule has 0 aromatic heterocycles. The molecule has 0 heterocycles. The van der Waals surface area contributed by atoms with Gasteiger partial charge in [-0.3, -0.25) is 4.79 Å². The molecule has 0 aliphatic carbocycles. The summed E-state index contributed by atoms with van der Waals surface area (Å²) < 4.78 is 0. The number of carbonyl (C=O) groups is 1. The van der Waals surface area contributed by atoms with E-state index in [1.165, 1.54) is 28.9 Å². The molecule has 0 unspecified atom stereocenters. The third-order valence-electron chi connectivity index (χ3n) is 3.48. The van der Waals surface area contributed by atoms with E-state index >= 15 is 0 Å². The summed E-state index contributed by atoms with van der Waals surface area (Å²) in [5, 5.41) is 0. The molecular weight excluding hydrogens is 228 g/mol. The van der Waals surface area contributed by atoms with Crippen molar-refractivity contribution in [3.05, 3.63) is 27.8 Å². The second kappa shape index (κ2) is 6.25. The van der Waals surface area contributed by atoms with Gasteiger partial charge in [0.15, 0.2) is 6.29 Å². The molecule has 1 rings (SSSR count). The summed E-state index contributed by atoms with van der Waals surface area (Å²) in [7, 11) is 0. The average molecular weight is 250 g/mol. The van der Waals surface area contributed by atoms with E-state index in [1.54, 1.807) is 0 Å². The van der Waals surface area contributed by atoms with E-state index in [0.717, 1.165) is 28.7 Å². The van der Waals surface area contributed by atoms with E-state index < -0.39 is 0 Å². The fraction of sp³-hybridized carbons (Fsp3) is 0.533. The molecule has 0 saturated carbocycles. The first-order valence-electron chi connectivity index (χ1n) is 6.22. The third kappa shape index (κ3) is 2.92. The summed E-state index contributed by atoms with van der Waals surface area (Å²) in [5.41, 5.74) is 5.71. The number of rotatable bonds is 5. The van der Waals surface area contributed by atoms with E-state index in [0.29, 0.717) is 0 Å². The SMILES string of the molecule is CCCCSc1c(C)c(C)c(C=O)c(C)c1C. The topological polar surface area (TPSA) is 17.1 Å². The molecule has 0 N–H and O–H groups in total. The van der Waals surface area contributed by atoms with Crippen molar-refractivity contribution in [3.8, 4) is 0 Å². The van der Waals surface area contributed by atoms with Crippen molar-refractivity contribution in [1.82, 2.24) is 0 Å². The Morgan fingerprint density at radius 2 is 1.53 bits per heavy atom. The standard InChI is InChI=1S/C15H22OS/c1-6-7-8-17-15-12(4)10(2)14(9-16)11(3)13(15)5/h9H,6-8H2,1-5H3. The number of thioether (sulfide) groups is 1. The molecule has 0 amide bonds. The van der Waals surface area contributed by atoms with Crippen molar-refractivity contribution in [1.29, 1.82) is 0 Å². The lowest BCUT2D eigenvalue weighted by molar-refractivity contribution is 0.112. The van der Waals surface area contributed by atoms with Crippen molar-refractivity contribution in [3.63, 3.8) is 0 Å². The van der Waals surface area contributed by atoms with Crippen LogP contribution in [-0.4, -0.2) is 12.0 Å². The van der Waals surface area contributed by atoms with Crippen molar-refractivity contribution < 1.29 is 4.79 Å². The average Bonchev–Trinajstić information content (AvgIpc) is 2.32. The molecule has 0 fully saturated rings. The first kappa shape index (κ1) is 14.3. The Kier molecular flexibility index (Phi) is 5.26. The Balaban J connectivity index is 3.18. The van der Waals surface area contributed by atoms with Crippen LogP contribution in [0.5, 0.6) is 0 Å². The molecule has 2 heteroatoms. The van der Waals surface area contributed by atoms with Gasteiger partial charge in [-0.25, -0.2) is 0 Å². The van der Waals surface area contributed by atoms with E-state index in [4.69, 9.17) is 0 Å². The predicted molar refractivity (Wildman–Crippen MR) is 76.4 cm³/mol. The molecule has 1 nitrogen and oxygen atoms in total. The van der Waals surface area contributed by atoms with Gasteiger partial charge in [-0.2, -0.15) is 0 Å². The summed E-state index contributed by atoms with van der Waals surface area (Å²) in [6, 6.07) is 0. The summed E-state index contributed by atoms with van der Waals surface area (Å²) in [4.78, 5) is 12.5. The van der Waals surface area contributed by atoms with Crippen LogP contribution in [-0.2, 0) is 0 Å². The van der Waals surface area contributed by atoms with Crippen LogP contribution in [0.2, 0.25) is 0 Å². The number of benzene rings is 1. The number of aldehydes is 1. The Hall–Kier alpha value is -0.760. The highest BCUT2D eigenvalue weighted by atomic mass is 32.2. The van der Waals surface area contributed by atoms with Crippen LogP contribution in [0, 0.1) is 27.7 Å². The maximum absolute atomic E-state index is 11.1. The van der Waals surface area contributed by atoms with Gasteiger partial charge in [0.1, 0.15) is 0 Å². The first-order valence-corrected chi connectivity index (χ1v) is 7.21. The van der Waals surface area contributed by atoms with Gasteiger partial charge < -0.3 is 0 Å². The molecule has 1 aromatic rings. The highest BCUT2D eigenvalue weighted by molar-refractivity contribution is 7.99. The van der Waals surface area contributed by atoms with Gasteiger partial charge in [0.05, 0.1) is 0 Å². The van der Waals surface area contributed by atoms with E-state index in [1.807, 2.05) is 11.8 Å². The number of hydrogen-bond donors (Lipinski definition) is 0. The smallest absolute Gasteiger partial charge is 0.150 e. The van der Waals surface area contributed by atoms with Crippen LogP contribution in [0.25, 0.3) is 0 Å². The second-order valence-corrected chi connectivity index (χ2v) is 5.67. The Labute approximate surface area is 109 Å². The Morgan fingerprint density at radius 3 is 1.94 bits per heavy atom. The van der Waals surface area contributed by atoms with Crippen LogP contribution in [0.1, 0.15) is 52.4 Å². The van der Waals surface area contributed by atoms with Crippen molar-refractivity contribution in [2.45, 2.75) is 52.4 Å². The number of hydrogen-bond acceptors (Lipinski definition) is 2. The molecule has 0 spiro atoms. The zero-order valence-electron chi connectivity index (χ0n) is 11.5. The third-order valence-corrected chi connectivity index (χ3v) is 4.87. The quantitative estimate of drug-likeness (QED) is 0.431. The molecule has 0 atom stereocenters. The van der Waals surface area contributed by atoms with E-state index in [9.17, 15) is 4.79 Å². The van der Waals surface area contributed by atoms with Gasteiger partial charge in [-0.1, -0.05) is 13.3 Å². The molecule has 0 radical (unpaired) electrons. The molecular formula is C15H22OS. The minimum atomic E-state index is 0.875. The maximum atomic E-state index is 11.1. The highest BCUT2D eigenvalue weighted by Crippen LogP contribution is 2.33. The van der Waals surface area contributed by atoms with Crippen LogP contribution < -0.4 is 0 Å². The zero-order chi connectivity index (χ0) is 13.0. The monoisotopic (exact) mass is 250 g/mol. The normalized spacial score (nSPS) is 10.6. The lowest BCUT2D eigenvalue weighted by atomic mass is 9.95. The fourth-order valence-electron chi connectivity index (χ4n) is 2.02. The zero-order valence-corrected chi connectivity index (χ0v) is 12.3. The van der Waals surface area contributed by atoms with Crippen LogP contribution in [0.15, 0.2) is 4.90 Å². The maximum Gasteiger partial charge on any atom is 0.150 e. The van der Waals surface area contributed by atoms with Crippen LogP contribution in [0.3, 0.4) is 0 Å². The Morgan fingerprint density at radius 1 is 1.00 bits per heavy atom. The second-order valence-electron chi connectivity index (χ2n) is 4.56. The summed E-state index contributed by atoms with van der Waals surface area (Å²) in [5.74, 6) is 1.16. The van der Waals surface area contributed by atoms with Gasteiger partial charge in [0, 0.05) is 10.5 Å². The summed E-state index contributed by atoms with van der Waals surface area (Å²) in [6.45, 7) is 10.6. The molecule has 94 valence electrons. The highest BCUT2D eigenvalue weighted by Gasteiger charge is 2.14. The van der Waals surface area contributed by atoms with E-state index in [-0.39, 0.29) is 0 Å². The predicted octanol–water partition coefficient (Wildman–Crippen LogP) is 4.62.